The van der Waals surface area contributed by atoms with Crippen molar-refractivity contribution in [2.45, 2.75) is 19.2 Å². The Kier molecular flexibility index (Phi) is 8.04. The number of likely N-dealkylation sites (tertiary alicyclic amines) is 1. The van der Waals surface area contributed by atoms with Crippen LogP contribution in [0.15, 0.2) is 54.8 Å². The van der Waals surface area contributed by atoms with Crippen molar-refractivity contribution in [1.29, 1.82) is 0 Å². The number of aromatic nitrogens is 4. The van der Waals surface area contributed by atoms with Gasteiger partial charge >= 0.3 is 0 Å². The summed E-state index contributed by atoms with van der Waals surface area (Å²) in [7, 11) is -3.64. The number of allylic oxidation sites excluding steroid dienone is 2. The number of hydrogen-bond acceptors (Lipinski definition) is 10. The van der Waals surface area contributed by atoms with E-state index in [0.717, 1.165) is 54.7 Å². The van der Waals surface area contributed by atoms with Gasteiger partial charge in [-0.2, -0.15) is 9.40 Å². The molecule has 2 amide bonds. The Hall–Kier alpha value is -3.76. The van der Waals surface area contributed by atoms with Crippen LogP contribution in [-0.2, 0) is 30.9 Å². The van der Waals surface area contributed by atoms with Crippen LogP contribution in [0.2, 0.25) is 12.6 Å². The second-order valence-electron chi connectivity index (χ2n) is 12.5. The van der Waals surface area contributed by atoms with Crippen LogP contribution in [0.25, 0.3) is 32.5 Å². The summed E-state index contributed by atoms with van der Waals surface area (Å²) in [4.78, 5) is 40.2. The molecular weight excluding hydrogens is 637 g/mol. The van der Waals surface area contributed by atoms with Gasteiger partial charge in [0.15, 0.2) is 5.82 Å². The number of piperazine rings is 1. The van der Waals surface area contributed by atoms with E-state index >= 15 is 0 Å². The van der Waals surface area contributed by atoms with E-state index in [4.69, 9.17) is 14.7 Å². The molecule has 0 radical (unpaired) electrons. The molecule has 1 aromatic carbocycles. The molecule has 12 nitrogen and oxygen atoms in total. The number of aromatic amines is 1. The molecule has 2 unspecified atom stereocenters. The average molecular weight is 672 g/mol. The molecular formula is C32H34BN7O5S2. The number of imide groups is 1. The van der Waals surface area contributed by atoms with Gasteiger partial charge in [0.05, 0.1) is 39.5 Å². The SMILES string of the molecule is O=C1C2C=CC=CC2C(=O)N1CCS(=O)(=O)N1CCN(Cc2cc3nc(-c4cccc5[nH]ncc45)nc(B4CCOCC4)c3s2)CC1. The number of nitrogens with one attached hydrogen (secondary N) is 1. The van der Waals surface area contributed by atoms with Gasteiger partial charge in [0.1, 0.15) is 0 Å². The zero-order chi connectivity index (χ0) is 32.1. The highest BCUT2D eigenvalue weighted by Crippen LogP contribution is 2.32. The van der Waals surface area contributed by atoms with E-state index in [1.807, 2.05) is 24.4 Å². The Labute approximate surface area is 276 Å². The summed E-state index contributed by atoms with van der Waals surface area (Å²) in [6.07, 6.45) is 10.6. The van der Waals surface area contributed by atoms with Crippen molar-refractivity contribution < 1.29 is 22.7 Å². The van der Waals surface area contributed by atoms with Crippen molar-refractivity contribution in [3.05, 3.63) is 59.6 Å². The number of amides is 2. The molecule has 2 atom stereocenters. The molecule has 4 aromatic rings. The minimum absolute atomic E-state index is 0.121. The lowest BCUT2D eigenvalue weighted by Gasteiger charge is -2.34. The molecule has 3 fully saturated rings. The maximum Gasteiger partial charge on any atom is 0.237 e. The van der Waals surface area contributed by atoms with E-state index < -0.39 is 21.9 Å². The average Bonchev–Trinajstić information content (AvgIpc) is 3.80. The zero-order valence-electron chi connectivity index (χ0n) is 25.7. The molecule has 0 saturated carbocycles. The fourth-order valence-corrected chi connectivity index (χ4v) is 9.70. The molecule has 0 spiro atoms. The first-order chi connectivity index (χ1) is 22.9. The lowest BCUT2D eigenvalue weighted by molar-refractivity contribution is -0.139. The first-order valence-electron chi connectivity index (χ1n) is 16.1. The van der Waals surface area contributed by atoms with E-state index in [-0.39, 0.29) is 24.1 Å². The Balaban J connectivity index is 0.962. The summed E-state index contributed by atoms with van der Waals surface area (Å²) in [6.45, 7) is 4.18. The van der Waals surface area contributed by atoms with Gasteiger partial charge in [0, 0.05) is 73.9 Å². The molecule has 1 aliphatic carbocycles. The molecule has 3 aromatic heterocycles. The molecule has 3 saturated heterocycles. The number of ether oxygens (including phenoxy) is 1. The van der Waals surface area contributed by atoms with E-state index in [1.54, 1.807) is 35.6 Å². The van der Waals surface area contributed by atoms with Crippen LogP contribution >= 0.6 is 11.3 Å². The quantitative estimate of drug-likeness (QED) is 0.220. The summed E-state index contributed by atoms with van der Waals surface area (Å²) < 4.78 is 34.8. The Morgan fingerprint density at radius 3 is 2.49 bits per heavy atom. The summed E-state index contributed by atoms with van der Waals surface area (Å²) in [5, 5.41) is 8.25. The third-order valence-electron chi connectivity index (χ3n) is 9.70. The zero-order valence-corrected chi connectivity index (χ0v) is 27.4. The van der Waals surface area contributed by atoms with Gasteiger partial charge in [0.25, 0.3) is 0 Å². The summed E-state index contributed by atoms with van der Waals surface area (Å²) in [5.41, 5.74) is 3.89. The summed E-state index contributed by atoms with van der Waals surface area (Å²) in [6, 6.07) is 8.17. The maximum atomic E-state index is 13.3. The Bertz CT molecular complexity index is 2000. The van der Waals surface area contributed by atoms with Crippen LogP contribution in [0.5, 0.6) is 0 Å². The third kappa shape index (κ3) is 5.73. The molecule has 1 N–H and O–H groups in total. The van der Waals surface area contributed by atoms with E-state index in [0.29, 0.717) is 58.5 Å². The lowest BCUT2D eigenvalue weighted by atomic mass is 9.42. The number of nitrogens with zero attached hydrogens (tertiary/aromatic N) is 6. The molecule has 8 rings (SSSR count). The normalized spacial score (nSPS) is 22.6. The predicted molar refractivity (Wildman–Crippen MR) is 181 cm³/mol. The number of carbonyl (C=O) groups is 2. The number of H-pyrrole nitrogens is 1. The minimum atomic E-state index is -3.64. The van der Waals surface area contributed by atoms with Crippen LogP contribution in [0.1, 0.15) is 4.88 Å². The smallest absolute Gasteiger partial charge is 0.237 e. The highest BCUT2D eigenvalue weighted by molar-refractivity contribution is 7.89. The Morgan fingerprint density at radius 2 is 1.74 bits per heavy atom. The monoisotopic (exact) mass is 671 g/mol. The molecule has 3 aliphatic heterocycles. The number of hydrogen-bond donors (Lipinski definition) is 1. The maximum absolute atomic E-state index is 13.3. The van der Waals surface area contributed by atoms with Gasteiger partial charge in [-0.15, -0.1) is 11.3 Å². The minimum Gasteiger partial charge on any atom is -0.383 e. The Morgan fingerprint density at radius 1 is 1.00 bits per heavy atom. The molecule has 0 bridgehead atoms. The van der Waals surface area contributed by atoms with Gasteiger partial charge in [-0.3, -0.25) is 24.5 Å². The van der Waals surface area contributed by atoms with E-state index in [2.05, 4.69) is 21.2 Å². The second kappa shape index (κ2) is 12.4. The highest BCUT2D eigenvalue weighted by Gasteiger charge is 2.46. The van der Waals surface area contributed by atoms with Gasteiger partial charge < -0.3 is 4.74 Å². The fourth-order valence-electron chi connectivity index (χ4n) is 7.10. The number of carbonyl (C=O) groups excluding carboxylic acids is 2. The van der Waals surface area contributed by atoms with Gasteiger partial charge in [-0.25, -0.2) is 18.4 Å². The van der Waals surface area contributed by atoms with Crippen molar-refractivity contribution >= 4 is 66.6 Å². The second-order valence-corrected chi connectivity index (χ2v) is 15.7. The van der Waals surface area contributed by atoms with Crippen molar-refractivity contribution in [3.8, 4) is 11.4 Å². The van der Waals surface area contributed by atoms with E-state index in [9.17, 15) is 18.0 Å². The van der Waals surface area contributed by atoms with Crippen molar-refractivity contribution in [1.82, 2.24) is 34.3 Å². The van der Waals surface area contributed by atoms with E-state index in [1.165, 1.54) is 4.31 Å². The largest absolute Gasteiger partial charge is 0.383 e. The third-order valence-corrected chi connectivity index (χ3v) is 12.7. The lowest BCUT2D eigenvalue weighted by Crippen LogP contribution is -2.50. The van der Waals surface area contributed by atoms with Crippen molar-refractivity contribution in [3.63, 3.8) is 0 Å². The first-order valence-corrected chi connectivity index (χ1v) is 18.5. The van der Waals surface area contributed by atoms with Crippen LogP contribution < -0.4 is 5.59 Å². The topological polar surface area (TPSA) is 142 Å². The van der Waals surface area contributed by atoms with Crippen LogP contribution in [0.3, 0.4) is 0 Å². The van der Waals surface area contributed by atoms with Crippen LogP contribution in [0, 0.1) is 11.8 Å². The molecule has 4 aliphatic rings. The predicted octanol–water partition coefficient (Wildman–Crippen LogP) is 2.14. The number of fused-ring (bicyclic) bond motifs is 3. The number of thiophene rings is 1. The fraction of sp³-hybridized carbons (Fsp3) is 0.406. The van der Waals surface area contributed by atoms with Gasteiger partial charge in [-0.05, 0) is 24.8 Å². The van der Waals surface area contributed by atoms with Crippen LogP contribution in [0.4, 0.5) is 0 Å². The molecule has 6 heterocycles. The summed E-state index contributed by atoms with van der Waals surface area (Å²) in [5.74, 6) is -1.26. The highest BCUT2D eigenvalue weighted by atomic mass is 32.2. The van der Waals surface area contributed by atoms with Crippen molar-refractivity contribution in [2.75, 3.05) is 51.7 Å². The first kappa shape index (κ1) is 30.6. The number of rotatable bonds is 8. The molecule has 242 valence electrons. The number of benzene rings is 1. The molecule has 47 heavy (non-hydrogen) atoms. The van der Waals surface area contributed by atoms with Gasteiger partial charge in [0.2, 0.25) is 28.6 Å². The molecule has 15 heteroatoms. The van der Waals surface area contributed by atoms with Crippen LogP contribution in [-0.4, -0.2) is 113 Å². The summed E-state index contributed by atoms with van der Waals surface area (Å²) >= 11 is 1.72. The van der Waals surface area contributed by atoms with Crippen molar-refractivity contribution in [2.24, 2.45) is 11.8 Å². The number of sulfonamides is 1. The van der Waals surface area contributed by atoms with Gasteiger partial charge in [-0.1, -0.05) is 36.4 Å². The standard InChI is InChI=1S/C32H34BN7O5S2/c41-31-23-4-1-2-5-24(23)32(42)40(31)14-17-47(43,44)39-12-10-38(11-13-39)20-21-18-27-28(46-21)29(33-8-15-45-16-9-33)36-30(35-27)22-6-3-7-26-25(22)19-34-37-26/h1-7,18-19,23-24H,8-17,20H2,(H,34,37).